The van der Waals surface area contributed by atoms with E-state index in [1.54, 1.807) is 33.8 Å². The highest BCUT2D eigenvalue weighted by molar-refractivity contribution is 6.99. The molecule has 1 aliphatic rings. The average Bonchev–Trinajstić information content (AvgIpc) is 3.29. The molecule has 0 unspecified atom stereocenters. The van der Waals surface area contributed by atoms with E-state index in [0.717, 1.165) is 21.3 Å². The van der Waals surface area contributed by atoms with Crippen molar-refractivity contribution >= 4 is 100 Å². The molecule has 1 aromatic heterocycles. The Balaban J connectivity index is 1.45. The smallest absolute Gasteiger partial charge is 0.325 e. The number of ether oxygens (including phenoxy) is 2. The minimum atomic E-state index is -3.30. The van der Waals surface area contributed by atoms with Gasteiger partial charge in [0.1, 0.15) is 30.8 Å². The number of halogens is 3. The van der Waals surface area contributed by atoms with E-state index >= 15 is 0 Å². The molecule has 1 fully saturated rings. The maximum atomic E-state index is 15.0. The van der Waals surface area contributed by atoms with Gasteiger partial charge >= 0.3 is 11.9 Å². The van der Waals surface area contributed by atoms with Gasteiger partial charge in [-0.2, -0.15) is 0 Å². The molecule has 3 amide bonds. The second kappa shape index (κ2) is 22.7. The molecule has 5 atom stereocenters. The Kier molecular flexibility index (Phi) is 18.1. The maximum Gasteiger partial charge on any atom is 0.325 e. The molecule has 13 nitrogen and oxygen atoms in total. The largest absolute Gasteiger partial charge is 0.460 e. The predicted molar refractivity (Wildman–Crippen MR) is 271 cm³/mol. The molecule has 1 aliphatic heterocycles. The zero-order chi connectivity index (χ0) is 50.2. The number of pyridine rings is 1. The van der Waals surface area contributed by atoms with E-state index in [4.69, 9.17) is 53.7 Å². The molecule has 366 valence electrons. The summed E-state index contributed by atoms with van der Waals surface area (Å²) in [4.78, 5) is 73.3. The Hall–Kier alpha value is -4.83. The summed E-state index contributed by atoms with van der Waals surface area (Å²) in [5.74, 6) is -3.10. The molecule has 0 aliphatic carbocycles. The molecule has 5 rings (SSSR count). The number of hydrogen-bond donors (Lipinski definition) is 3. The lowest BCUT2D eigenvalue weighted by Gasteiger charge is -2.46. The SMILES string of the molecule is CC(=O)O[C@H](C)c1ccc2ccc(C=CC(C)(C)C(=O)N[C@H](C(=O)N[C@H](C(=O)N3CCC[C@@H](C(=O)OCC(Cl)(Cl)Cl)N3)[C@@H](C)O[Si](c3ccccc3)(c3ccccc3)C(C)(C)C)C(C)C)cc2n1. The number of hydrazine groups is 1. The third kappa shape index (κ3) is 13.7. The molecule has 3 aromatic carbocycles. The first-order chi connectivity index (χ1) is 31.8. The van der Waals surface area contributed by atoms with Crippen molar-refractivity contribution in [3.05, 3.63) is 108 Å². The molecule has 0 radical (unpaired) electrons. The second-order valence-corrected chi connectivity index (χ2v) is 26.0. The third-order valence-corrected chi connectivity index (χ3v) is 17.4. The topological polar surface area (TPSA) is 165 Å². The van der Waals surface area contributed by atoms with Crippen molar-refractivity contribution in [3.8, 4) is 0 Å². The standard InChI is InChI=1S/C51H64Cl3N5O8Si/c1-32(2)43(57-48(64)50(9,10)28-27-36-23-24-37-25-26-40(55-42(37)30-36)33(3)66-35(5)60)45(61)56-44(46(62)59-29-17-22-41(58-59)47(63)65-31-51(52,53)54)34(4)67-68(49(6,7)8,38-18-13-11-14-19-38)39-20-15-12-16-21-39/h11-16,18-21,23-28,30,32-34,41,43-44,58H,17,22,29,31H2,1-10H3,(H,56,61)(H,57,64)/t33-,34-,41+,43+,44+/m1/s1. The number of aromatic nitrogens is 1. The van der Waals surface area contributed by atoms with Gasteiger partial charge in [-0.15, -0.1) is 0 Å². The number of carbonyl (C=O) groups is 5. The molecule has 2 heterocycles. The van der Waals surface area contributed by atoms with Crippen molar-refractivity contribution < 1.29 is 37.9 Å². The number of benzene rings is 3. The fourth-order valence-electron chi connectivity index (χ4n) is 8.23. The van der Waals surface area contributed by atoms with Crippen LogP contribution in [0.25, 0.3) is 17.0 Å². The fraction of sp³-hybridized carbons (Fsp3) is 0.451. The third-order valence-electron chi connectivity index (χ3n) is 11.9. The summed E-state index contributed by atoms with van der Waals surface area (Å²) in [6.45, 7) is 18.0. The molecule has 0 spiro atoms. The summed E-state index contributed by atoms with van der Waals surface area (Å²) in [5.41, 5.74) is 3.97. The Labute approximate surface area is 416 Å². The van der Waals surface area contributed by atoms with Gasteiger partial charge in [-0.05, 0) is 79.6 Å². The summed E-state index contributed by atoms with van der Waals surface area (Å²) in [7, 11) is -3.30. The molecule has 0 saturated carbocycles. The summed E-state index contributed by atoms with van der Waals surface area (Å²) < 4.78 is 16.2. The van der Waals surface area contributed by atoms with Crippen molar-refractivity contribution in [3.63, 3.8) is 0 Å². The van der Waals surface area contributed by atoms with Gasteiger partial charge in [-0.1, -0.05) is 160 Å². The van der Waals surface area contributed by atoms with Crippen molar-refractivity contribution in [2.75, 3.05) is 13.2 Å². The Morgan fingerprint density at radius 3 is 2.01 bits per heavy atom. The van der Waals surface area contributed by atoms with Crippen LogP contribution in [-0.2, 0) is 37.9 Å². The molecule has 68 heavy (non-hydrogen) atoms. The maximum absolute atomic E-state index is 15.0. The van der Waals surface area contributed by atoms with E-state index in [1.807, 2.05) is 111 Å². The molecular formula is C51H64Cl3N5O8Si. The van der Waals surface area contributed by atoms with Crippen LogP contribution in [0.1, 0.15) is 99.4 Å². The van der Waals surface area contributed by atoms with E-state index in [9.17, 15) is 24.0 Å². The summed E-state index contributed by atoms with van der Waals surface area (Å²) in [6, 6.07) is 26.0. The molecule has 4 aromatic rings. The van der Waals surface area contributed by atoms with Gasteiger partial charge in [0.15, 0.2) is 0 Å². The number of amides is 3. The van der Waals surface area contributed by atoms with Gasteiger partial charge in [0.2, 0.25) is 15.6 Å². The van der Waals surface area contributed by atoms with Gasteiger partial charge in [0.25, 0.3) is 14.2 Å². The summed E-state index contributed by atoms with van der Waals surface area (Å²) >= 11 is 17.6. The average molecular weight is 1010 g/mol. The number of carbonyl (C=O) groups excluding carboxylic acids is 5. The molecular weight excluding hydrogens is 945 g/mol. The summed E-state index contributed by atoms with van der Waals surface area (Å²) in [6.07, 6.45) is 2.87. The highest BCUT2D eigenvalue weighted by Crippen LogP contribution is 2.38. The van der Waals surface area contributed by atoms with Crippen LogP contribution in [0.3, 0.4) is 0 Å². The number of rotatable bonds is 17. The first-order valence-electron chi connectivity index (χ1n) is 22.8. The minimum absolute atomic E-state index is 0.206. The van der Waals surface area contributed by atoms with Crippen molar-refractivity contribution in [1.29, 1.82) is 0 Å². The lowest BCUT2D eigenvalue weighted by Crippen LogP contribution is -2.70. The Morgan fingerprint density at radius 2 is 1.46 bits per heavy atom. The quantitative estimate of drug-likeness (QED) is 0.0538. The first kappa shape index (κ1) is 54.1. The zero-order valence-corrected chi connectivity index (χ0v) is 43.7. The molecule has 3 N–H and O–H groups in total. The van der Waals surface area contributed by atoms with Crippen LogP contribution in [-0.4, -0.2) is 89.1 Å². The Bertz CT molecular complexity index is 2410. The van der Waals surface area contributed by atoms with Crippen molar-refractivity contribution in [2.24, 2.45) is 11.3 Å². The van der Waals surface area contributed by atoms with Crippen molar-refractivity contribution in [1.82, 2.24) is 26.1 Å². The number of esters is 2. The number of hydrogen-bond acceptors (Lipinski definition) is 10. The van der Waals surface area contributed by atoms with Crippen LogP contribution in [0.4, 0.5) is 0 Å². The zero-order valence-electron chi connectivity index (χ0n) is 40.4. The highest BCUT2D eigenvalue weighted by atomic mass is 35.6. The molecule has 0 bridgehead atoms. The van der Waals surface area contributed by atoms with Crippen LogP contribution in [0.15, 0.2) is 97.1 Å². The van der Waals surface area contributed by atoms with Gasteiger partial charge in [-0.3, -0.25) is 29.0 Å². The van der Waals surface area contributed by atoms with Crippen LogP contribution in [0, 0.1) is 11.3 Å². The van der Waals surface area contributed by atoms with Gasteiger partial charge < -0.3 is 24.5 Å². The van der Waals surface area contributed by atoms with E-state index in [2.05, 4.69) is 36.8 Å². The molecule has 17 heteroatoms. The van der Waals surface area contributed by atoms with E-state index in [-0.39, 0.29) is 6.54 Å². The lowest BCUT2D eigenvalue weighted by atomic mass is 9.89. The van der Waals surface area contributed by atoms with E-state index < -0.39 is 95.1 Å². The number of alkyl halides is 3. The summed E-state index contributed by atoms with van der Waals surface area (Å²) in [5, 5.41) is 9.63. The lowest BCUT2D eigenvalue weighted by molar-refractivity contribution is -0.154. The van der Waals surface area contributed by atoms with Gasteiger partial charge in [-0.25, -0.2) is 10.4 Å². The van der Waals surface area contributed by atoms with Gasteiger partial charge in [0, 0.05) is 18.9 Å². The minimum Gasteiger partial charge on any atom is -0.460 e. The highest BCUT2D eigenvalue weighted by Gasteiger charge is 2.53. The Morgan fingerprint density at radius 1 is 0.853 bits per heavy atom. The monoisotopic (exact) mass is 1010 g/mol. The van der Waals surface area contributed by atoms with Crippen LogP contribution in [0.5, 0.6) is 0 Å². The van der Waals surface area contributed by atoms with Crippen LogP contribution in [0.2, 0.25) is 5.04 Å². The molecule has 1 saturated heterocycles. The predicted octanol–water partition coefficient (Wildman–Crippen LogP) is 7.90. The van der Waals surface area contributed by atoms with Crippen LogP contribution >= 0.6 is 34.8 Å². The normalized spacial score (nSPS) is 16.7. The van der Waals surface area contributed by atoms with Crippen molar-refractivity contribution in [2.45, 2.75) is 121 Å². The number of nitrogens with zero attached hydrogens (tertiary/aromatic N) is 2. The number of nitrogens with one attached hydrogen (secondary N) is 3. The van der Waals surface area contributed by atoms with E-state index in [1.165, 1.54) is 11.9 Å². The first-order valence-corrected chi connectivity index (χ1v) is 25.9. The van der Waals surface area contributed by atoms with E-state index in [0.29, 0.717) is 24.1 Å². The number of fused-ring (bicyclic) bond motifs is 1. The fourth-order valence-corrected chi connectivity index (χ4v) is 13.1. The van der Waals surface area contributed by atoms with Gasteiger partial charge in [0.05, 0.1) is 22.7 Å². The second-order valence-electron chi connectivity index (χ2n) is 19.2. The van der Waals surface area contributed by atoms with Crippen LogP contribution < -0.4 is 26.4 Å².